The molecule has 2 N–H and O–H groups in total. The van der Waals surface area contributed by atoms with Crippen LogP contribution in [0.4, 0.5) is 11.4 Å². The van der Waals surface area contributed by atoms with E-state index in [9.17, 15) is 4.79 Å². The number of fused-ring (bicyclic) bond motifs is 1. The molecule has 23 heavy (non-hydrogen) atoms. The number of pyridine rings is 1. The Hall–Kier alpha value is -2.73. The molecule has 0 aliphatic carbocycles. The van der Waals surface area contributed by atoms with Gasteiger partial charge in [0, 0.05) is 18.1 Å². The Bertz CT molecular complexity index is 824. The lowest BCUT2D eigenvalue weighted by atomic mass is 10.2. The van der Waals surface area contributed by atoms with Gasteiger partial charge in [0.1, 0.15) is 5.37 Å². The normalized spacial score (nSPS) is 15.7. The van der Waals surface area contributed by atoms with Crippen LogP contribution in [-0.4, -0.2) is 10.9 Å². The maximum atomic E-state index is 12.1. The zero-order valence-corrected chi connectivity index (χ0v) is 12.8. The first kappa shape index (κ1) is 13.9. The summed E-state index contributed by atoms with van der Waals surface area (Å²) in [6.07, 6.45) is 5.11. The van der Waals surface area contributed by atoms with Crippen LogP contribution < -0.4 is 10.6 Å². The number of carbonyl (C=O) groups is 1. The maximum Gasteiger partial charge on any atom is 0.291 e. The van der Waals surface area contributed by atoms with Crippen molar-refractivity contribution in [3.63, 3.8) is 0 Å². The molecule has 1 aliphatic rings. The zero-order valence-electron chi connectivity index (χ0n) is 12.0. The topological polar surface area (TPSA) is 67.2 Å². The van der Waals surface area contributed by atoms with E-state index in [1.54, 1.807) is 30.1 Å². The van der Waals surface area contributed by atoms with Crippen LogP contribution in [0.15, 0.2) is 70.4 Å². The van der Waals surface area contributed by atoms with Crippen molar-refractivity contribution in [2.75, 3.05) is 10.6 Å². The quantitative estimate of drug-likeness (QED) is 0.758. The molecule has 0 fully saturated rings. The van der Waals surface area contributed by atoms with Gasteiger partial charge in [-0.05, 0) is 35.9 Å². The van der Waals surface area contributed by atoms with Gasteiger partial charge in [-0.3, -0.25) is 9.78 Å². The highest BCUT2D eigenvalue weighted by Crippen LogP contribution is 2.46. The van der Waals surface area contributed by atoms with E-state index in [1.165, 1.54) is 6.26 Å². The SMILES string of the molecule is O=C(Nc1cccc(C2Nc3ccncc3S2)c1)c1ccco1. The number of amides is 1. The summed E-state index contributed by atoms with van der Waals surface area (Å²) in [4.78, 5) is 17.3. The van der Waals surface area contributed by atoms with Crippen molar-refractivity contribution in [2.24, 2.45) is 0 Å². The van der Waals surface area contributed by atoms with Gasteiger partial charge in [0.2, 0.25) is 0 Å². The number of anilines is 2. The number of nitrogens with one attached hydrogen (secondary N) is 2. The van der Waals surface area contributed by atoms with Crippen LogP contribution in [0.25, 0.3) is 0 Å². The summed E-state index contributed by atoms with van der Waals surface area (Å²) >= 11 is 1.71. The first-order valence-corrected chi connectivity index (χ1v) is 7.99. The lowest BCUT2D eigenvalue weighted by molar-refractivity contribution is 0.0996. The van der Waals surface area contributed by atoms with E-state index in [-0.39, 0.29) is 11.3 Å². The van der Waals surface area contributed by atoms with E-state index < -0.39 is 0 Å². The highest BCUT2D eigenvalue weighted by Gasteiger charge is 2.23. The van der Waals surface area contributed by atoms with Crippen LogP contribution in [0, 0.1) is 0 Å². The number of furan rings is 1. The number of thioether (sulfide) groups is 1. The molecule has 2 aromatic heterocycles. The predicted octanol–water partition coefficient (Wildman–Crippen LogP) is 4.14. The second-order valence-electron chi connectivity index (χ2n) is 5.07. The molecular formula is C17H13N3O2S. The zero-order chi connectivity index (χ0) is 15.6. The maximum absolute atomic E-state index is 12.1. The highest BCUT2D eigenvalue weighted by molar-refractivity contribution is 8.00. The number of hydrogen-bond acceptors (Lipinski definition) is 5. The molecule has 1 aliphatic heterocycles. The van der Waals surface area contributed by atoms with Gasteiger partial charge in [-0.2, -0.15) is 0 Å². The van der Waals surface area contributed by atoms with E-state index in [0.717, 1.165) is 21.8 Å². The third-order valence-corrected chi connectivity index (χ3v) is 4.71. The van der Waals surface area contributed by atoms with Gasteiger partial charge in [-0.1, -0.05) is 23.9 Å². The molecular weight excluding hydrogens is 310 g/mol. The van der Waals surface area contributed by atoms with Crippen LogP contribution in [0.5, 0.6) is 0 Å². The first-order valence-electron chi connectivity index (χ1n) is 7.11. The molecule has 5 nitrogen and oxygen atoms in total. The van der Waals surface area contributed by atoms with Gasteiger partial charge in [0.05, 0.1) is 16.8 Å². The summed E-state index contributed by atoms with van der Waals surface area (Å²) in [5, 5.41) is 6.40. The minimum atomic E-state index is -0.258. The molecule has 114 valence electrons. The van der Waals surface area contributed by atoms with Gasteiger partial charge in [-0.25, -0.2) is 0 Å². The Morgan fingerprint density at radius 2 is 2.22 bits per heavy atom. The smallest absolute Gasteiger partial charge is 0.291 e. The Morgan fingerprint density at radius 1 is 1.26 bits per heavy atom. The van der Waals surface area contributed by atoms with E-state index in [0.29, 0.717) is 5.76 Å². The average molecular weight is 323 g/mol. The summed E-state index contributed by atoms with van der Waals surface area (Å²) in [6, 6.07) is 13.1. The lowest BCUT2D eigenvalue weighted by Gasteiger charge is -2.12. The number of rotatable bonds is 3. The Labute approximate surface area is 137 Å². The van der Waals surface area contributed by atoms with Gasteiger partial charge >= 0.3 is 0 Å². The Morgan fingerprint density at radius 3 is 3.04 bits per heavy atom. The molecule has 0 saturated carbocycles. The highest BCUT2D eigenvalue weighted by atomic mass is 32.2. The monoisotopic (exact) mass is 323 g/mol. The molecule has 6 heteroatoms. The van der Waals surface area contributed by atoms with Crippen molar-refractivity contribution < 1.29 is 9.21 Å². The fourth-order valence-corrected chi connectivity index (χ4v) is 3.52. The molecule has 0 radical (unpaired) electrons. The van der Waals surface area contributed by atoms with Crippen molar-refractivity contribution in [1.82, 2.24) is 4.98 Å². The molecule has 1 unspecified atom stereocenters. The molecule has 4 rings (SSSR count). The standard InChI is InChI=1S/C17H13N3O2S/c21-16(14-5-2-8-22-14)19-12-4-1-3-11(9-12)17-20-13-6-7-18-10-15(13)23-17/h1-10,17,20H,(H,19,21). The van der Waals surface area contributed by atoms with E-state index in [2.05, 4.69) is 15.6 Å². The third kappa shape index (κ3) is 2.80. The number of aromatic nitrogens is 1. The van der Waals surface area contributed by atoms with E-state index in [4.69, 9.17) is 4.42 Å². The van der Waals surface area contributed by atoms with Gasteiger partial charge < -0.3 is 15.1 Å². The van der Waals surface area contributed by atoms with Crippen molar-refractivity contribution in [1.29, 1.82) is 0 Å². The van der Waals surface area contributed by atoms with Gasteiger partial charge in [-0.15, -0.1) is 0 Å². The summed E-state index contributed by atoms with van der Waals surface area (Å²) in [5.74, 6) is 0.0360. The Kier molecular flexibility index (Phi) is 3.51. The minimum Gasteiger partial charge on any atom is -0.459 e. The van der Waals surface area contributed by atoms with Crippen LogP contribution in [0.2, 0.25) is 0 Å². The largest absolute Gasteiger partial charge is 0.459 e. The molecule has 0 saturated heterocycles. The van der Waals surface area contributed by atoms with Crippen LogP contribution in [0.1, 0.15) is 21.5 Å². The number of hydrogen-bond donors (Lipinski definition) is 2. The second kappa shape index (κ2) is 5.81. The molecule has 3 aromatic rings. The first-order chi connectivity index (χ1) is 11.3. The predicted molar refractivity (Wildman–Crippen MR) is 89.6 cm³/mol. The Balaban J connectivity index is 1.52. The average Bonchev–Trinajstić information content (AvgIpc) is 3.24. The molecule has 1 aromatic carbocycles. The summed E-state index contributed by atoms with van der Waals surface area (Å²) in [5.41, 5.74) is 2.91. The summed E-state index contributed by atoms with van der Waals surface area (Å²) in [7, 11) is 0. The van der Waals surface area contributed by atoms with Crippen LogP contribution >= 0.6 is 11.8 Å². The molecule has 0 bridgehead atoms. The van der Waals surface area contributed by atoms with Crippen LogP contribution in [-0.2, 0) is 0 Å². The molecule has 1 amide bonds. The summed E-state index contributed by atoms with van der Waals surface area (Å²) in [6.45, 7) is 0. The fourth-order valence-electron chi connectivity index (χ4n) is 2.42. The molecule has 3 heterocycles. The second-order valence-corrected chi connectivity index (χ2v) is 6.22. The number of nitrogens with zero attached hydrogens (tertiary/aromatic N) is 1. The minimum absolute atomic E-state index is 0.106. The van der Waals surface area contributed by atoms with Crippen molar-refractivity contribution in [2.45, 2.75) is 10.3 Å². The molecule has 0 spiro atoms. The van der Waals surface area contributed by atoms with Crippen molar-refractivity contribution in [3.8, 4) is 0 Å². The van der Waals surface area contributed by atoms with E-state index >= 15 is 0 Å². The van der Waals surface area contributed by atoms with Crippen molar-refractivity contribution in [3.05, 3.63) is 72.4 Å². The van der Waals surface area contributed by atoms with Gasteiger partial charge in [0.25, 0.3) is 5.91 Å². The van der Waals surface area contributed by atoms with Crippen molar-refractivity contribution >= 4 is 29.0 Å². The van der Waals surface area contributed by atoms with Crippen LogP contribution in [0.3, 0.4) is 0 Å². The lowest BCUT2D eigenvalue weighted by Crippen LogP contribution is -2.11. The molecule has 1 atom stereocenters. The summed E-state index contributed by atoms with van der Waals surface area (Å²) < 4.78 is 5.10. The third-order valence-electron chi connectivity index (χ3n) is 3.51. The number of benzene rings is 1. The van der Waals surface area contributed by atoms with E-state index in [1.807, 2.05) is 36.5 Å². The number of carbonyl (C=O) groups excluding carboxylic acids is 1. The van der Waals surface area contributed by atoms with Gasteiger partial charge in [0.15, 0.2) is 5.76 Å². The fraction of sp³-hybridized carbons (Fsp3) is 0.0588.